The molecule has 0 amide bonds. The summed E-state index contributed by atoms with van der Waals surface area (Å²) in [6.07, 6.45) is 0.597. The summed E-state index contributed by atoms with van der Waals surface area (Å²) in [5.41, 5.74) is 0.184. The van der Waals surface area contributed by atoms with Crippen LogP contribution in [-0.4, -0.2) is 69.5 Å². The van der Waals surface area contributed by atoms with E-state index in [-0.39, 0.29) is 0 Å². The number of aromatic nitrogens is 2. The van der Waals surface area contributed by atoms with E-state index in [9.17, 15) is 13.7 Å². The first-order chi connectivity index (χ1) is 14.8. The first kappa shape index (κ1) is 22.2. The van der Waals surface area contributed by atoms with Crippen molar-refractivity contribution in [3.63, 3.8) is 0 Å². The number of nitrogens with one attached hydrogen (secondary N) is 1. The molecule has 0 saturated carbocycles. The molecule has 2 aliphatic rings. The van der Waals surface area contributed by atoms with Crippen molar-refractivity contribution in [2.75, 3.05) is 53.7 Å². The molecule has 2 unspecified atom stereocenters. The molecule has 2 aliphatic heterocycles. The van der Waals surface area contributed by atoms with E-state index in [1.54, 1.807) is 0 Å². The Labute approximate surface area is 189 Å². The van der Waals surface area contributed by atoms with Crippen molar-refractivity contribution in [2.24, 2.45) is 0 Å². The molecule has 0 bridgehead atoms. The molecule has 2 N–H and O–H groups in total. The quantitative estimate of drug-likeness (QED) is 0.675. The number of benzene rings is 1. The van der Waals surface area contributed by atoms with E-state index < -0.39 is 29.1 Å². The van der Waals surface area contributed by atoms with Crippen LogP contribution in [-0.2, 0) is 17.2 Å². The minimum atomic E-state index is -1.67. The maximum atomic E-state index is 14.5. The molecule has 4 rings (SSSR count). The fraction of sp³-hybridized carbons (Fsp3) is 0.524. The molecule has 0 aliphatic carbocycles. The van der Waals surface area contributed by atoms with Crippen LogP contribution in [0.25, 0.3) is 0 Å². The Morgan fingerprint density at radius 1 is 1.19 bits per heavy atom. The number of aliphatic hydroxyl groups excluding tert-OH is 1. The van der Waals surface area contributed by atoms with Crippen molar-refractivity contribution in [3.05, 3.63) is 35.0 Å². The maximum Gasteiger partial charge on any atom is 0.227 e. The molecular weight excluding hydrogens is 441 g/mol. The van der Waals surface area contributed by atoms with Crippen LogP contribution in [0.1, 0.15) is 19.5 Å². The number of fused-ring (bicyclic) bond motifs is 1. The van der Waals surface area contributed by atoms with Crippen molar-refractivity contribution in [2.45, 2.75) is 36.9 Å². The third kappa shape index (κ3) is 4.78. The number of rotatable bonds is 6. The van der Waals surface area contributed by atoms with Crippen LogP contribution in [0, 0.1) is 0 Å². The molecule has 2 aromatic rings. The number of nitrogens with zero attached hydrogens (tertiary/aromatic N) is 4. The van der Waals surface area contributed by atoms with Gasteiger partial charge < -0.3 is 20.2 Å². The summed E-state index contributed by atoms with van der Waals surface area (Å²) in [6.45, 7) is 5.45. The van der Waals surface area contributed by atoms with Gasteiger partial charge in [0.25, 0.3) is 0 Å². The van der Waals surface area contributed by atoms with Crippen LogP contribution < -0.4 is 15.1 Å². The van der Waals surface area contributed by atoms with E-state index in [1.165, 1.54) is 13.8 Å². The molecule has 10 heteroatoms. The number of hydrogen-bond acceptors (Lipinski definition) is 7. The fourth-order valence-corrected chi connectivity index (χ4v) is 5.28. The summed E-state index contributed by atoms with van der Waals surface area (Å²) < 4.78 is 27.0. The van der Waals surface area contributed by atoms with E-state index >= 15 is 0 Å². The summed E-state index contributed by atoms with van der Waals surface area (Å²) in [6, 6.07) is 6.92. The number of hydrogen-bond donors (Lipinski definition) is 2. The SMILES string of the molecule is CC(C)(F)C(CO)Nc1nc(N2CCN(c3ccc(Cl)cc3)CC2)nc2c1S(=O)CC2. The van der Waals surface area contributed by atoms with E-state index in [1.807, 2.05) is 24.3 Å². The standard InChI is InChI=1S/C21H27ClFN5O2S/c1-21(2,23)17(13-29)25-19-18-16(7-12-31(18)30)24-20(26-19)28-10-8-27(9-11-28)15-5-3-14(22)4-6-15/h3-6,17,29H,7-13H2,1-2H3,(H,24,25,26). The summed E-state index contributed by atoms with van der Waals surface area (Å²) in [5.74, 6) is 1.39. The fourth-order valence-electron chi connectivity index (χ4n) is 3.84. The second-order valence-electron chi connectivity index (χ2n) is 8.34. The van der Waals surface area contributed by atoms with E-state index in [4.69, 9.17) is 11.6 Å². The molecule has 1 aromatic carbocycles. The van der Waals surface area contributed by atoms with Crippen molar-refractivity contribution in [3.8, 4) is 0 Å². The number of aliphatic hydroxyl groups is 1. The predicted octanol–water partition coefficient (Wildman–Crippen LogP) is 2.64. The van der Waals surface area contributed by atoms with Gasteiger partial charge >= 0.3 is 0 Å². The zero-order valence-electron chi connectivity index (χ0n) is 17.6. The van der Waals surface area contributed by atoms with Gasteiger partial charge in [0.05, 0.1) is 29.1 Å². The highest BCUT2D eigenvalue weighted by atomic mass is 35.5. The van der Waals surface area contributed by atoms with Gasteiger partial charge in [0, 0.05) is 49.1 Å². The number of alkyl halides is 1. The summed E-state index contributed by atoms with van der Waals surface area (Å²) in [4.78, 5) is 14.2. The number of piperazine rings is 1. The number of anilines is 3. The van der Waals surface area contributed by atoms with Crippen LogP contribution in [0.15, 0.2) is 29.2 Å². The van der Waals surface area contributed by atoms with Gasteiger partial charge in [0.15, 0.2) is 0 Å². The molecule has 7 nitrogen and oxygen atoms in total. The van der Waals surface area contributed by atoms with Crippen molar-refractivity contribution >= 4 is 39.9 Å². The Hall–Kier alpha value is -1.97. The van der Waals surface area contributed by atoms with E-state index in [2.05, 4.69) is 25.1 Å². The molecule has 3 heterocycles. The molecule has 1 fully saturated rings. The zero-order chi connectivity index (χ0) is 22.2. The van der Waals surface area contributed by atoms with Gasteiger partial charge in [0.2, 0.25) is 5.95 Å². The monoisotopic (exact) mass is 467 g/mol. The molecule has 0 spiro atoms. The van der Waals surface area contributed by atoms with Crippen molar-refractivity contribution in [1.29, 1.82) is 0 Å². The average Bonchev–Trinajstić information content (AvgIpc) is 3.12. The van der Waals surface area contributed by atoms with Gasteiger partial charge in [-0.25, -0.2) is 9.37 Å². The van der Waals surface area contributed by atoms with Crippen LogP contribution >= 0.6 is 11.6 Å². The summed E-state index contributed by atoms with van der Waals surface area (Å²) in [5, 5.41) is 13.4. The minimum absolute atomic E-state index is 0.362. The summed E-state index contributed by atoms with van der Waals surface area (Å²) in [7, 11) is -1.23. The summed E-state index contributed by atoms with van der Waals surface area (Å²) >= 11 is 5.99. The molecule has 1 aromatic heterocycles. The Kier molecular flexibility index (Phi) is 6.37. The lowest BCUT2D eigenvalue weighted by molar-refractivity contribution is 0.132. The second-order valence-corrected chi connectivity index (χ2v) is 10.3. The Morgan fingerprint density at radius 2 is 1.84 bits per heavy atom. The van der Waals surface area contributed by atoms with Crippen LogP contribution in [0.5, 0.6) is 0 Å². The Balaban J connectivity index is 1.55. The largest absolute Gasteiger partial charge is 0.394 e. The minimum Gasteiger partial charge on any atom is -0.394 e. The van der Waals surface area contributed by atoms with Gasteiger partial charge in [-0.15, -0.1) is 0 Å². The second kappa shape index (κ2) is 8.88. The molecule has 31 heavy (non-hydrogen) atoms. The lowest BCUT2D eigenvalue weighted by Gasteiger charge is -2.36. The highest BCUT2D eigenvalue weighted by molar-refractivity contribution is 7.85. The molecule has 1 saturated heterocycles. The lowest BCUT2D eigenvalue weighted by Crippen LogP contribution is -2.47. The number of aryl methyl sites for hydroxylation is 1. The van der Waals surface area contributed by atoms with Gasteiger partial charge in [-0.2, -0.15) is 4.98 Å². The number of halogens is 2. The molecule has 168 valence electrons. The Bertz CT molecular complexity index is 961. The zero-order valence-corrected chi connectivity index (χ0v) is 19.2. The maximum absolute atomic E-state index is 14.5. The normalized spacial score (nSPS) is 20.0. The third-order valence-corrected chi connectivity index (χ3v) is 7.46. The van der Waals surface area contributed by atoms with Crippen LogP contribution in [0.4, 0.5) is 21.8 Å². The van der Waals surface area contributed by atoms with Gasteiger partial charge in [-0.05, 0) is 38.1 Å². The van der Waals surface area contributed by atoms with Gasteiger partial charge in [-0.3, -0.25) is 4.21 Å². The molecule has 0 radical (unpaired) electrons. The van der Waals surface area contributed by atoms with E-state index in [0.717, 1.165) is 37.6 Å². The first-order valence-electron chi connectivity index (χ1n) is 10.4. The van der Waals surface area contributed by atoms with Gasteiger partial charge in [-0.1, -0.05) is 11.6 Å². The van der Waals surface area contributed by atoms with E-state index in [0.29, 0.717) is 33.9 Å². The predicted molar refractivity (Wildman–Crippen MR) is 123 cm³/mol. The van der Waals surface area contributed by atoms with Gasteiger partial charge in [0.1, 0.15) is 16.4 Å². The molecule has 2 atom stereocenters. The topological polar surface area (TPSA) is 81.6 Å². The van der Waals surface area contributed by atoms with Crippen molar-refractivity contribution < 1.29 is 13.7 Å². The van der Waals surface area contributed by atoms with Crippen molar-refractivity contribution in [1.82, 2.24) is 9.97 Å². The average molecular weight is 468 g/mol. The molecular formula is C21H27ClFN5O2S. The van der Waals surface area contributed by atoms with Crippen LogP contribution in [0.3, 0.4) is 0 Å². The first-order valence-corrected chi connectivity index (χ1v) is 12.1. The highest BCUT2D eigenvalue weighted by Crippen LogP contribution is 2.32. The Morgan fingerprint density at radius 3 is 2.45 bits per heavy atom. The van der Waals surface area contributed by atoms with Crippen LogP contribution in [0.2, 0.25) is 5.02 Å². The smallest absolute Gasteiger partial charge is 0.227 e. The highest BCUT2D eigenvalue weighted by Gasteiger charge is 2.33. The lowest BCUT2D eigenvalue weighted by atomic mass is 10.0. The third-order valence-electron chi connectivity index (χ3n) is 5.75.